The third-order valence-electron chi connectivity index (χ3n) is 4.47. The Morgan fingerprint density at radius 2 is 2.21 bits per heavy atom. The van der Waals surface area contributed by atoms with Crippen LogP contribution in [0.5, 0.6) is 5.75 Å². The van der Waals surface area contributed by atoms with E-state index in [9.17, 15) is 4.79 Å². The molecule has 0 radical (unpaired) electrons. The van der Waals surface area contributed by atoms with E-state index in [1.54, 1.807) is 7.11 Å². The smallest absolute Gasteiger partial charge is 0.242 e. The highest BCUT2D eigenvalue weighted by atomic mass is 32.1. The molecule has 2 heterocycles. The molecular weight excluding hydrogens is 324 g/mol. The molecule has 24 heavy (non-hydrogen) atoms. The summed E-state index contributed by atoms with van der Waals surface area (Å²) in [6.07, 6.45) is 2.40. The number of piperazine rings is 1. The number of aromatic nitrogens is 2. The summed E-state index contributed by atoms with van der Waals surface area (Å²) in [6, 6.07) is 7.87. The number of amides is 1. The lowest BCUT2D eigenvalue weighted by atomic mass is 10.2. The van der Waals surface area contributed by atoms with Crippen molar-refractivity contribution in [3.8, 4) is 5.75 Å². The van der Waals surface area contributed by atoms with Crippen molar-refractivity contribution in [3.05, 3.63) is 35.7 Å². The fourth-order valence-corrected chi connectivity index (χ4v) is 3.66. The van der Waals surface area contributed by atoms with Crippen molar-refractivity contribution in [1.29, 1.82) is 0 Å². The molecular formula is C17H20N4O2S. The first-order valence-electron chi connectivity index (χ1n) is 8.22. The summed E-state index contributed by atoms with van der Waals surface area (Å²) in [5.41, 5.74) is 1.09. The lowest BCUT2D eigenvalue weighted by molar-refractivity contribution is -0.131. The molecule has 1 aliphatic heterocycles. The van der Waals surface area contributed by atoms with Gasteiger partial charge in [-0.1, -0.05) is 12.1 Å². The number of rotatable bonds is 5. The van der Waals surface area contributed by atoms with Crippen LogP contribution in [0.4, 0.5) is 5.13 Å². The molecule has 126 valence electrons. The van der Waals surface area contributed by atoms with Crippen LogP contribution in [0.3, 0.4) is 0 Å². The molecule has 7 heteroatoms. The highest BCUT2D eigenvalue weighted by Crippen LogP contribution is 2.39. The monoisotopic (exact) mass is 344 g/mol. The van der Waals surface area contributed by atoms with Gasteiger partial charge < -0.3 is 14.5 Å². The van der Waals surface area contributed by atoms with E-state index < -0.39 is 0 Å². The zero-order chi connectivity index (χ0) is 16.5. The van der Waals surface area contributed by atoms with E-state index in [1.165, 1.54) is 24.4 Å². The Morgan fingerprint density at radius 1 is 1.33 bits per heavy atom. The van der Waals surface area contributed by atoms with Crippen LogP contribution in [0.2, 0.25) is 0 Å². The standard InChI is InChI=1S/C17H20N4O2S/c1-23-14-4-2-3-12(9-14)10-20-7-8-21(11-15(20)22)17-18-16(19-24-17)13-5-6-13/h2-4,9,13H,5-8,10-11H2,1H3. The molecule has 1 amide bonds. The first-order chi connectivity index (χ1) is 11.7. The summed E-state index contributed by atoms with van der Waals surface area (Å²) in [5.74, 6) is 2.47. The Kier molecular flexibility index (Phi) is 4.10. The molecule has 0 N–H and O–H groups in total. The number of nitrogens with zero attached hydrogens (tertiary/aromatic N) is 4. The average Bonchev–Trinajstić information content (AvgIpc) is 3.34. The van der Waals surface area contributed by atoms with Crippen LogP contribution in [-0.2, 0) is 11.3 Å². The molecule has 1 aromatic heterocycles. The lowest BCUT2D eigenvalue weighted by Crippen LogP contribution is -2.50. The number of ether oxygens (including phenoxy) is 1. The Hall–Kier alpha value is -2.15. The van der Waals surface area contributed by atoms with Gasteiger partial charge in [-0.15, -0.1) is 0 Å². The molecule has 0 atom stereocenters. The van der Waals surface area contributed by atoms with E-state index in [2.05, 4.69) is 9.36 Å². The van der Waals surface area contributed by atoms with Gasteiger partial charge in [-0.25, -0.2) is 4.98 Å². The van der Waals surface area contributed by atoms with Gasteiger partial charge in [-0.3, -0.25) is 4.79 Å². The number of anilines is 1. The van der Waals surface area contributed by atoms with Gasteiger partial charge in [-0.2, -0.15) is 4.37 Å². The van der Waals surface area contributed by atoms with Gasteiger partial charge in [0.25, 0.3) is 0 Å². The Labute approximate surface area is 145 Å². The molecule has 2 aliphatic rings. The van der Waals surface area contributed by atoms with Crippen LogP contribution < -0.4 is 9.64 Å². The fraction of sp³-hybridized carbons (Fsp3) is 0.471. The zero-order valence-electron chi connectivity index (χ0n) is 13.6. The van der Waals surface area contributed by atoms with Gasteiger partial charge in [0.2, 0.25) is 11.0 Å². The maximum absolute atomic E-state index is 12.5. The van der Waals surface area contributed by atoms with Crippen molar-refractivity contribution in [2.24, 2.45) is 0 Å². The molecule has 0 bridgehead atoms. The quantitative estimate of drug-likeness (QED) is 0.833. The van der Waals surface area contributed by atoms with Crippen molar-refractivity contribution in [2.45, 2.75) is 25.3 Å². The van der Waals surface area contributed by atoms with Crippen LogP contribution in [0.1, 0.15) is 30.1 Å². The van der Waals surface area contributed by atoms with Gasteiger partial charge in [0, 0.05) is 37.1 Å². The van der Waals surface area contributed by atoms with E-state index >= 15 is 0 Å². The maximum atomic E-state index is 12.5. The average molecular weight is 344 g/mol. The van der Waals surface area contributed by atoms with Crippen LogP contribution >= 0.6 is 11.5 Å². The van der Waals surface area contributed by atoms with E-state index in [0.717, 1.165) is 28.8 Å². The summed E-state index contributed by atoms with van der Waals surface area (Å²) in [7, 11) is 1.65. The molecule has 1 saturated carbocycles. The second-order valence-corrected chi connectivity index (χ2v) is 7.03. The minimum Gasteiger partial charge on any atom is -0.497 e. The number of benzene rings is 1. The van der Waals surface area contributed by atoms with Gasteiger partial charge in [0.05, 0.1) is 13.7 Å². The first kappa shape index (κ1) is 15.4. The molecule has 6 nitrogen and oxygen atoms in total. The summed E-state index contributed by atoms with van der Waals surface area (Å²) in [6.45, 7) is 2.50. The van der Waals surface area contributed by atoms with E-state index in [4.69, 9.17) is 4.74 Å². The highest BCUT2D eigenvalue weighted by Gasteiger charge is 2.30. The van der Waals surface area contributed by atoms with Gasteiger partial charge >= 0.3 is 0 Å². The third-order valence-corrected chi connectivity index (χ3v) is 5.26. The van der Waals surface area contributed by atoms with Crippen LogP contribution in [0.25, 0.3) is 0 Å². The van der Waals surface area contributed by atoms with E-state index in [1.807, 2.05) is 34.1 Å². The molecule has 1 aliphatic carbocycles. The van der Waals surface area contributed by atoms with E-state index in [0.29, 0.717) is 25.6 Å². The topological polar surface area (TPSA) is 58.6 Å². The Bertz CT molecular complexity index is 744. The van der Waals surface area contributed by atoms with Crippen molar-refractivity contribution in [1.82, 2.24) is 14.3 Å². The third kappa shape index (κ3) is 3.21. The lowest BCUT2D eigenvalue weighted by Gasteiger charge is -2.34. The summed E-state index contributed by atoms with van der Waals surface area (Å²) < 4.78 is 9.68. The Morgan fingerprint density at radius 3 is 2.96 bits per heavy atom. The second-order valence-electron chi connectivity index (χ2n) is 6.30. The van der Waals surface area contributed by atoms with Gasteiger partial charge in [0.1, 0.15) is 11.6 Å². The molecule has 4 rings (SSSR count). The summed E-state index contributed by atoms with van der Waals surface area (Å²) in [5, 5.41) is 0.881. The molecule has 2 fully saturated rings. The predicted octanol–water partition coefficient (Wildman–Crippen LogP) is 2.27. The number of carbonyl (C=O) groups is 1. The molecule has 1 aromatic carbocycles. The largest absolute Gasteiger partial charge is 0.497 e. The molecule has 0 unspecified atom stereocenters. The SMILES string of the molecule is COc1cccc(CN2CCN(c3nc(C4CC4)ns3)CC2=O)c1. The van der Waals surface area contributed by atoms with Crippen molar-refractivity contribution in [3.63, 3.8) is 0 Å². The fourth-order valence-electron chi connectivity index (χ4n) is 2.89. The van der Waals surface area contributed by atoms with Crippen LogP contribution in [0, 0.1) is 0 Å². The second kappa shape index (κ2) is 6.39. The van der Waals surface area contributed by atoms with Crippen molar-refractivity contribution >= 4 is 22.6 Å². The maximum Gasteiger partial charge on any atom is 0.242 e. The molecule has 0 spiro atoms. The number of hydrogen-bond donors (Lipinski definition) is 0. The van der Waals surface area contributed by atoms with Gasteiger partial charge in [0.15, 0.2) is 0 Å². The van der Waals surface area contributed by atoms with Crippen LogP contribution in [-0.4, -0.2) is 46.9 Å². The number of hydrogen-bond acceptors (Lipinski definition) is 6. The summed E-state index contributed by atoms with van der Waals surface area (Å²) >= 11 is 1.41. The minimum absolute atomic E-state index is 0.132. The first-order valence-corrected chi connectivity index (χ1v) is 8.99. The van der Waals surface area contributed by atoms with Gasteiger partial charge in [-0.05, 0) is 30.5 Å². The van der Waals surface area contributed by atoms with E-state index in [-0.39, 0.29) is 5.91 Å². The number of carbonyl (C=O) groups excluding carboxylic acids is 1. The van der Waals surface area contributed by atoms with Crippen molar-refractivity contribution < 1.29 is 9.53 Å². The summed E-state index contributed by atoms with van der Waals surface area (Å²) in [4.78, 5) is 21.1. The normalized spacial score (nSPS) is 18.1. The molecule has 1 saturated heterocycles. The number of methoxy groups -OCH3 is 1. The predicted molar refractivity (Wildman–Crippen MR) is 92.5 cm³/mol. The van der Waals surface area contributed by atoms with Crippen molar-refractivity contribution in [2.75, 3.05) is 31.6 Å². The van der Waals surface area contributed by atoms with Crippen LogP contribution in [0.15, 0.2) is 24.3 Å². The zero-order valence-corrected chi connectivity index (χ0v) is 14.5. The highest BCUT2D eigenvalue weighted by molar-refractivity contribution is 7.09. The Balaban J connectivity index is 1.39. The minimum atomic E-state index is 0.132. The molecule has 2 aromatic rings.